The van der Waals surface area contributed by atoms with Gasteiger partial charge in [-0.2, -0.15) is 0 Å². The van der Waals surface area contributed by atoms with E-state index in [0.717, 1.165) is 8.91 Å². The molecule has 0 saturated heterocycles. The maximum absolute atomic E-state index is 12.0. The van der Waals surface area contributed by atoms with E-state index in [1.54, 1.807) is 6.08 Å². The lowest BCUT2D eigenvalue weighted by atomic mass is 10.4. The van der Waals surface area contributed by atoms with Crippen LogP contribution < -0.4 is 0 Å². The molecule has 0 fully saturated rings. The van der Waals surface area contributed by atoms with Gasteiger partial charge in [0.05, 0.1) is 0 Å². The van der Waals surface area contributed by atoms with Gasteiger partial charge in [0.15, 0.2) is 0 Å². The maximum Gasteiger partial charge on any atom is 0.116 e. The van der Waals surface area contributed by atoms with Gasteiger partial charge in [-0.1, -0.05) is 51.2 Å². The average molecular weight is 317 g/mol. The fourth-order valence-corrected chi connectivity index (χ4v) is 1.69. The minimum atomic E-state index is -0.432. The van der Waals surface area contributed by atoms with Crippen molar-refractivity contribution in [3.8, 4) is 0 Å². The molecule has 0 aliphatic rings. The van der Waals surface area contributed by atoms with Crippen LogP contribution in [-0.4, -0.2) is 4.43 Å². The van der Waals surface area contributed by atoms with E-state index >= 15 is 0 Å². The molecule has 0 saturated carbocycles. The first kappa shape index (κ1) is 10.4. The highest BCUT2D eigenvalue weighted by atomic mass is 127. The van der Waals surface area contributed by atoms with Crippen LogP contribution in [0.2, 0.25) is 0 Å². The van der Waals surface area contributed by atoms with E-state index in [2.05, 4.69) is 45.1 Å². The molecule has 0 N–H and O–H groups in total. The number of hydrogen-bond acceptors (Lipinski definition) is 0. The number of alkyl halides is 1. The third kappa shape index (κ3) is 6.48. The van der Waals surface area contributed by atoms with Crippen LogP contribution in [0.15, 0.2) is 35.1 Å². The molecule has 0 rings (SSSR count). The van der Waals surface area contributed by atoms with Crippen molar-refractivity contribution in [2.24, 2.45) is 0 Å². The Morgan fingerprint density at radius 2 is 2.20 bits per heavy atom. The Morgan fingerprint density at radius 3 is 2.60 bits per heavy atom. The lowest BCUT2D eigenvalue weighted by Crippen LogP contribution is -1.65. The Bertz CT molecular complexity index is 172. The normalized spacial score (nSPS) is 12.5. The van der Waals surface area contributed by atoms with Crippen molar-refractivity contribution in [3.05, 3.63) is 35.1 Å². The second-order valence-electron chi connectivity index (χ2n) is 1.52. The van der Waals surface area contributed by atoms with Gasteiger partial charge in [0, 0.05) is 8.91 Å². The first-order valence-electron chi connectivity index (χ1n) is 2.61. The van der Waals surface area contributed by atoms with Crippen molar-refractivity contribution in [1.82, 2.24) is 0 Å². The molecule has 0 amide bonds. The second-order valence-corrected chi connectivity index (χ2v) is 3.32. The summed E-state index contributed by atoms with van der Waals surface area (Å²) in [6, 6.07) is 0. The Hall–Kier alpha value is 0.360. The highest BCUT2D eigenvalue weighted by Gasteiger charge is 1.82. The Kier molecular flexibility index (Phi) is 6.31. The zero-order valence-electron chi connectivity index (χ0n) is 5.28. The van der Waals surface area contributed by atoms with Gasteiger partial charge >= 0.3 is 0 Å². The molecule has 3 heteroatoms. The summed E-state index contributed by atoms with van der Waals surface area (Å²) in [6.07, 6.45) is 4.87. The molecule has 0 heterocycles. The van der Waals surface area contributed by atoms with Crippen LogP contribution in [0.25, 0.3) is 0 Å². The molecule has 0 aliphatic carbocycles. The molecule has 0 aromatic carbocycles. The van der Waals surface area contributed by atoms with E-state index in [9.17, 15) is 4.39 Å². The van der Waals surface area contributed by atoms with E-state index < -0.39 is 5.83 Å². The molecule has 0 aliphatic heterocycles. The van der Waals surface area contributed by atoms with E-state index in [1.807, 2.05) is 6.08 Å². The molecule has 0 aromatic heterocycles. The first-order chi connectivity index (χ1) is 4.66. The van der Waals surface area contributed by atoms with Crippen LogP contribution in [0.5, 0.6) is 0 Å². The maximum atomic E-state index is 12.0. The van der Waals surface area contributed by atoms with Crippen LogP contribution in [0.3, 0.4) is 0 Å². The van der Waals surface area contributed by atoms with Crippen molar-refractivity contribution >= 4 is 38.5 Å². The van der Waals surface area contributed by atoms with Crippen molar-refractivity contribution in [1.29, 1.82) is 0 Å². The number of halogens is 3. The summed E-state index contributed by atoms with van der Waals surface area (Å²) in [6.45, 7) is 3.08. The Labute approximate surface area is 82.2 Å². The zero-order chi connectivity index (χ0) is 7.98. The number of rotatable bonds is 3. The van der Waals surface area contributed by atoms with E-state index in [1.165, 1.54) is 6.08 Å². The number of allylic oxidation sites excluding steroid dienone is 5. The predicted molar refractivity (Wildman–Crippen MR) is 55.3 cm³/mol. The highest BCUT2D eigenvalue weighted by Crippen LogP contribution is 2.08. The smallest absolute Gasteiger partial charge is 0.116 e. The molecule has 0 radical (unpaired) electrons. The number of hydrogen-bond donors (Lipinski definition) is 0. The molecule has 0 unspecified atom stereocenters. The van der Waals surface area contributed by atoms with Crippen LogP contribution in [0.4, 0.5) is 4.39 Å². The monoisotopic (exact) mass is 316 g/mol. The molecular formula is C7H7BrFI. The van der Waals surface area contributed by atoms with Gasteiger partial charge in [-0.15, -0.1) is 0 Å². The summed E-state index contributed by atoms with van der Waals surface area (Å²) in [5.74, 6) is -0.432. The Morgan fingerprint density at radius 1 is 1.60 bits per heavy atom. The van der Waals surface area contributed by atoms with Gasteiger partial charge in [-0.3, -0.25) is 0 Å². The fourth-order valence-electron chi connectivity index (χ4n) is 0.312. The van der Waals surface area contributed by atoms with Gasteiger partial charge in [0.1, 0.15) is 5.83 Å². The molecule has 0 bridgehead atoms. The minimum absolute atomic E-state index is 0.432. The molecule has 0 aromatic rings. The van der Waals surface area contributed by atoms with Gasteiger partial charge in [-0.25, -0.2) is 4.39 Å². The third-order valence-electron chi connectivity index (χ3n) is 0.696. The summed E-state index contributed by atoms with van der Waals surface area (Å²) in [4.78, 5) is 0. The predicted octanol–water partition coefficient (Wildman–Crippen LogP) is 3.74. The summed E-state index contributed by atoms with van der Waals surface area (Å²) in [5, 5.41) is 0. The van der Waals surface area contributed by atoms with Gasteiger partial charge in [-0.05, 0) is 12.2 Å². The topological polar surface area (TPSA) is 0 Å². The Balaban J connectivity index is 3.89. The highest BCUT2D eigenvalue weighted by molar-refractivity contribution is 14.1. The summed E-state index contributed by atoms with van der Waals surface area (Å²) in [7, 11) is 0. The van der Waals surface area contributed by atoms with Gasteiger partial charge in [0.2, 0.25) is 0 Å². The molecule has 56 valence electrons. The zero-order valence-corrected chi connectivity index (χ0v) is 9.02. The third-order valence-corrected chi connectivity index (χ3v) is 1.72. The van der Waals surface area contributed by atoms with E-state index in [4.69, 9.17) is 0 Å². The fraction of sp³-hybridized carbons (Fsp3) is 0.143. The molecule has 0 spiro atoms. The lowest BCUT2D eigenvalue weighted by molar-refractivity contribution is 0.671. The average Bonchev–Trinajstić information content (AvgIpc) is 1.85. The minimum Gasteiger partial charge on any atom is -0.208 e. The van der Waals surface area contributed by atoms with Gasteiger partial charge in [0.25, 0.3) is 0 Å². The second kappa shape index (κ2) is 6.09. The van der Waals surface area contributed by atoms with Crippen LogP contribution in [0, 0.1) is 0 Å². The van der Waals surface area contributed by atoms with Crippen molar-refractivity contribution in [2.75, 3.05) is 4.43 Å². The first-order valence-corrected chi connectivity index (χ1v) is 4.92. The molecule has 10 heavy (non-hydrogen) atoms. The van der Waals surface area contributed by atoms with Crippen LogP contribution >= 0.6 is 38.5 Å². The summed E-state index contributed by atoms with van der Waals surface area (Å²) < 4.78 is 13.8. The lowest BCUT2D eigenvalue weighted by Gasteiger charge is -1.84. The van der Waals surface area contributed by atoms with Crippen molar-refractivity contribution in [3.63, 3.8) is 0 Å². The van der Waals surface area contributed by atoms with Crippen LogP contribution in [0.1, 0.15) is 0 Å². The summed E-state index contributed by atoms with van der Waals surface area (Å²) >= 11 is 5.43. The van der Waals surface area contributed by atoms with Crippen LogP contribution in [-0.2, 0) is 0 Å². The molecule has 0 nitrogen and oxygen atoms in total. The quantitative estimate of drug-likeness (QED) is 0.423. The SMILES string of the molecule is C=C(F)/C=C\C(Br)=C/CI. The van der Waals surface area contributed by atoms with Crippen molar-refractivity contribution in [2.45, 2.75) is 0 Å². The summed E-state index contributed by atoms with van der Waals surface area (Å²) in [5.41, 5.74) is 0. The largest absolute Gasteiger partial charge is 0.208 e. The van der Waals surface area contributed by atoms with E-state index in [-0.39, 0.29) is 0 Å². The van der Waals surface area contributed by atoms with Gasteiger partial charge < -0.3 is 0 Å². The standard InChI is InChI=1S/C7H7BrFI/c1-6(9)2-3-7(8)4-5-10/h2-4H,1,5H2/b3-2-,7-4+. The van der Waals surface area contributed by atoms with Crippen molar-refractivity contribution < 1.29 is 4.39 Å². The molecule has 0 atom stereocenters. The van der Waals surface area contributed by atoms with E-state index in [0.29, 0.717) is 0 Å². The molecular weight excluding hydrogens is 310 g/mol.